The topological polar surface area (TPSA) is 70.5 Å². The van der Waals surface area contributed by atoms with Crippen molar-refractivity contribution in [3.05, 3.63) is 53.3 Å². The van der Waals surface area contributed by atoms with Crippen LogP contribution in [0.5, 0.6) is 0 Å². The minimum atomic E-state index is -0.0751. The van der Waals surface area contributed by atoms with Crippen molar-refractivity contribution in [3.63, 3.8) is 0 Å². The van der Waals surface area contributed by atoms with Gasteiger partial charge < -0.3 is 15.1 Å². The number of aryl methyl sites for hydroxylation is 1. The summed E-state index contributed by atoms with van der Waals surface area (Å²) < 4.78 is 1.96. The zero-order valence-electron chi connectivity index (χ0n) is 15.4. The van der Waals surface area contributed by atoms with Gasteiger partial charge in [0.25, 0.3) is 5.91 Å². The van der Waals surface area contributed by atoms with E-state index < -0.39 is 0 Å². The Balaban J connectivity index is 1.30. The van der Waals surface area contributed by atoms with Crippen LogP contribution in [0.15, 0.2) is 36.5 Å². The van der Waals surface area contributed by atoms with E-state index in [0.717, 1.165) is 42.6 Å². The molecule has 1 fully saturated rings. The largest absolute Gasteiger partial charge is 0.335 e. The summed E-state index contributed by atoms with van der Waals surface area (Å²) in [4.78, 5) is 28.9. The Bertz CT molecular complexity index is 809. The molecule has 7 nitrogen and oxygen atoms in total. The van der Waals surface area contributed by atoms with E-state index in [2.05, 4.69) is 10.4 Å². The molecule has 1 N–H and O–H groups in total. The third-order valence-corrected chi connectivity index (χ3v) is 5.35. The number of carbonyl (C=O) groups excluding carboxylic acids is 2. The molecule has 0 bridgehead atoms. The van der Waals surface area contributed by atoms with Gasteiger partial charge in [-0.05, 0) is 24.8 Å². The first kappa shape index (κ1) is 17.6. The Morgan fingerprint density at radius 3 is 2.48 bits per heavy atom. The molecule has 1 aromatic carbocycles. The number of piperazine rings is 1. The van der Waals surface area contributed by atoms with Crippen molar-refractivity contribution in [2.45, 2.75) is 32.4 Å². The molecule has 27 heavy (non-hydrogen) atoms. The van der Waals surface area contributed by atoms with Gasteiger partial charge in [-0.1, -0.05) is 30.3 Å². The number of aromatic nitrogens is 2. The van der Waals surface area contributed by atoms with Gasteiger partial charge in [0.15, 0.2) is 0 Å². The Morgan fingerprint density at radius 1 is 0.963 bits per heavy atom. The quantitative estimate of drug-likeness (QED) is 0.901. The fraction of sp³-hybridized carbons (Fsp3) is 0.450. The zero-order valence-corrected chi connectivity index (χ0v) is 15.4. The molecule has 0 saturated carbocycles. The minimum absolute atomic E-state index is 0.0440. The van der Waals surface area contributed by atoms with E-state index in [-0.39, 0.29) is 11.9 Å². The molecule has 0 unspecified atom stereocenters. The minimum Gasteiger partial charge on any atom is -0.335 e. The predicted molar refractivity (Wildman–Crippen MR) is 101 cm³/mol. The number of hydrogen-bond donors (Lipinski definition) is 1. The molecule has 2 aliphatic rings. The Kier molecular flexibility index (Phi) is 5.09. The first-order valence-electron chi connectivity index (χ1n) is 9.63. The molecule has 2 aromatic rings. The van der Waals surface area contributed by atoms with E-state index in [1.54, 1.807) is 11.1 Å². The summed E-state index contributed by atoms with van der Waals surface area (Å²) in [7, 11) is 0. The molecule has 1 saturated heterocycles. The first-order chi connectivity index (χ1) is 13.2. The predicted octanol–water partition coefficient (Wildman–Crippen LogP) is 1.89. The molecule has 142 valence electrons. The van der Waals surface area contributed by atoms with Crippen molar-refractivity contribution in [2.75, 3.05) is 26.2 Å². The molecule has 0 spiro atoms. The maximum Gasteiger partial charge on any atom is 0.317 e. The molecule has 0 radical (unpaired) electrons. The van der Waals surface area contributed by atoms with Gasteiger partial charge in [-0.15, -0.1) is 0 Å². The van der Waals surface area contributed by atoms with Crippen LogP contribution in [0, 0.1) is 0 Å². The second kappa shape index (κ2) is 7.82. The molecule has 4 rings (SSSR count). The van der Waals surface area contributed by atoms with E-state index >= 15 is 0 Å². The summed E-state index contributed by atoms with van der Waals surface area (Å²) >= 11 is 0. The van der Waals surface area contributed by atoms with Crippen molar-refractivity contribution in [3.8, 4) is 0 Å². The molecule has 0 aliphatic carbocycles. The highest BCUT2D eigenvalue weighted by Crippen LogP contribution is 2.20. The lowest BCUT2D eigenvalue weighted by Gasteiger charge is -2.34. The van der Waals surface area contributed by atoms with Gasteiger partial charge in [-0.2, -0.15) is 5.10 Å². The van der Waals surface area contributed by atoms with Crippen LogP contribution in [0.4, 0.5) is 4.79 Å². The average molecular weight is 367 g/mol. The third kappa shape index (κ3) is 3.82. The molecule has 7 heteroatoms. The lowest BCUT2D eigenvalue weighted by molar-refractivity contribution is 0.0663. The number of hydrogen-bond acceptors (Lipinski definition) is 3. The fourth-order valence-corrected chi connectivity index (χ4v) is 3.77. The van der Waals surface area contributed by atoms with Crippen molar-refractivity contribution in [1.82, 2.24) is 24.9 Å². The summed E-state index contributed by atoms with van der Waals surface area (Å²) in [5.74, 6) is 0.0440. The summed E-state index contributed by atoms with van der Waals surface area (Å²) in [6, 6.07) is 9.78. The Hall–Kier alpha value is -2.83. The van der Waals surface area contributed by atoms with E-state index in [1.807, 2.05) is 39.9 Å². The lowest BCUT2D eigenvalue weighted by atomic mass is 10.1. The molecule has 3 heterocycles. The highest BCUT2D eigenvalue weighted by atomic mass is 16.2. The number of nitrogens with zero attached hydrogens (tertiary/aromatic N) is 4. The van der Waals surface area contributed by atoms with E-state index in [0.29, 0.717) is 32.7 Å². The first-order valence-corrected chi connectivity index (χ1v) is 9.63. The number of nitrogens with one attached hydrogen (secondary N) is 1. The Labute approximate surface area is 158 Å². The number of urea groups is 1. The van der Waals surface area contributed by atoms with Gasteiger partial charge in [0.05, 0.1) is 17.5 Å². The second-order valence-electron chi connectivity index (χ2n) is 7.11. The van der Waals surface area contributed by atoms with Crippen molar-refractivity contribution >= 4 is 11.9 Å². The van der Waals surface area contributed by atoms with E-state index in [1.165, 1.54) is 0 Å². The monoisotopic (exact) mass is 367 g/mol. The van der Waals surface area contributed by atoms with Crippen molar-refractivity contribution < 1.29 is 9.59 Å². The third-order valence-electron chi connectivity index (χ3n) is 5.35. The van der Waals surface area contributed by atoms with Gasteiger partial charge in [-0.3, -0.25) is 9.48 Å². The molecule has 2 aliphatic heterocycles. The number of amides is 3. The molecular weight excluding hydrogens is 342 g/mol. The van der Waals surface area contributed by atoms with Crippen LogP contribution in [-0.2, 0) is 19.5 Å². The number of carbonyl (C=O) groups is 2. The van der Waals surface area contributed by atoms with Gasteiger partial charge >= 0.3 is 6.03 Å². The van der Waals surface area contributed by atoms with E-state index in [9.17, 15) is 9.59 Å². The van der Waals surface area contributed by atoms with Gasteiger partial charge in [0, 0.05) is 39.3 Å². The van der Waals surface area contributed by atoms with Crippen LogP contribution >= 0.6 is 0 Å². The SMILES string of the molecule is O=C(NCc1ccccc1)N1CCN(C(=O)c2cnn3c2CCCC3)CC1. The zero-order chi connectivity index (χ0) is 18.6. The van der Waals surface area contributed by atoms with Gasteiger partial charge in [-0.25, -0.2) is 4.79 Å². The molecule has 1 aromatic heterocycles. The highest BCUT2D eigenvalue weighted by Gasteiger charge is 2.28. The summed E-state index contributed by atoms with van der Waals surface area (Å²) in [6.45, 7) is 3.63. The summed E-state index contributed by atoms with van der Waals surface area (Å²) in [6.07, 6.45) is 4.87. The van der Waals surface area contributed by atoms with Crippen LogP contribution in [0.3, 0.4) is 0 Å². The fourth-order valence-electron chi connectivity index (χ4n) is 3.77. The van der Waals surface area contributed by atoms with Crippen LogP contribution < -0.4 is 5.32 Å². The molecule has 0 atom stereocenters. The number of fused-ring (bicyclic) bond motifs is 1. The number of benzene rings is 1. The smallest absolute Gasteiger partial charge is 0.317 e. The normalized spacial score (nSPS) is 16.7. The Morgan fingerprint density at radius 2 is 1.70 bits per heavy atom. The highest BCUT2D eigenvalue weighted by molar-refractivity contribution is 5.95. The van der Waals surface area contributed by atoms with Gasteiger partial charge in [0.1, 0.15) is 0 Å². The van der Waals surface area contributed by atoms with Crippen molar-refractivity contribution in [1.29, 1.82) is 0 Å². The second-order valence-corrected chi connectivity index (χ2v) is 7.11. The average Bonchev–Trinajstić information content (AvgIpc) is 3.16. The van der Waals surface area contributed by atoms with Crippen LogP contribution in [0.25, 0.3) is 0 Å². The van der Waals surface area contributed by atoms with Gasteiger partial charge in [0.2, 0.25) is 0 Å². The van der Waals surface area contributed by atoms with Crippen LogP contribution in [0.2, 0.25) is 0 Å². The summed E-state index contributed by atoms with van der Waals surface area (Å²) in [5, 5.41) is 7.31. The van der Waals surface area contributed by atoms with E-state index in [4.69, 9.17) is 0 Å². The number of rotatable bonds is 3. The van der Waals surface area contributed by atoms with Crippen LogP contribution in [-0.4, -0.2) is 57.7 Å². The summed E-state index contributed by atoms with van der Waals surface area (Å²) in [5.41, 5.74) is 2.87. The van der Waals surface area contributed by atoms with Crippen LogP contribution in [0.1, 0.15) is 34.5 Å². The molecular formula is C20H25N5O2. The van der Waals surface area contributed by atoms with Crippen molar-refractivity contribution in [2.24, 2.45) is 0 Å². The lowest BCUT2D eigenvalue weighted by Crippen LogP contribution is -2.53. The molecule has 3 amide bonds. The maximum atomic E-state index is 12.9. The maximum absolute atomic E-state index is 12.9. The standard InChI is InChI=1S/C20H25N5O2/c26-19(17-15-22-25-9-5-4-8-18(17)25)23-10-12-24(13-11-23)20(27)21-14-16-6-2-1-3-7-16/h1-3,6-7,15H,4-5,8-14H2,(H,21,27).